The summed E-state index contributed by atoms with van der Waals surface area (Å²) in [5.41, 5.74) is 0.976. The summed E-state index contributed by atoms with van der Waals surface area (Å²) in [4.78, 5) is 2.30. The minimum Gasteiger partial charge on any atom is -0.493 e. The van der Waals surface area contributed by atoms with Crippen LogP contribution in [0.2, 0.25) is 0 Å². The van der Waals surface area contributed by atoms with E-state index in [-0.39, 0.29) is 5.75 Å². The van der Waals surface area contributed by atoms with E-state index >= 15 is 0 Å². The molecular formula is C14H19F2NO2. The molecule has 0 unspecified atom stereocenters. The number of halogens is 2. The Morgan fingerprint density at radius 1 is 1.32 bits per heavy atom. The van der Waals surface area contributed by atoms with Gasteiger partial charge >= 0.3 is 6.61 Å². The lowest BCUT2D eigenvalue weighted by Crippen LogP contribution is -2.23. The van der Waals surface area contributed by atoms with Crippen molar-refractivity contribution in [2.75, 3.05) is 20.7 Å². The first-order valence-electron chi connectivity index (χ1n) is 6.42. The summed E-state index contributed by atoms with van der Waals surface area (Å²) in [5, 5.41) is 0. The summed E-state index contributed by atoms with van der Waals surface area (Å²) < 4.78 is 34.1. The first kappa shape index (κ1) is 14.1. The van der Waals surface area contributed by atoms with E-state index in [1.54, 1.807) is 12.1 Å². The third kappa shape index (κ3) is 4.06. The zero-order chi connectivity index (χ0) is 13.8. The number of hydrogen-bond acceptors (Lipinski definition) is 3. The van der Waals surface area contributed by atoms with Crippen LogP contribution < -0.4 is 9.47 Å². The molecule has 1 fully saturated rings. The molecule has 1 aliphatic carbocycles. The second-order valence-corrected chi connectivity index (χ2v) is 4.83. The molecule has 0 radical (unpaired) electrons. The van der Waals surface area contributed by atoms with Gasteiger partial charge in [-0.15, -0.1) is 0 Å². The number of benzene rings is 1. The van der Waals surface area contributed by atoms with Gasteiger partial charge in [0.15, 0.2) is 11.5 Å². The average Bonchev–Trinajstić information content (AvgIpc) is 3.19. The number of alkyl halides is 2. The second kappa shape index (κ2) is 6.19. The normalized spacial score (nSPS) is 15.1. The lowest BCUT2D eigenvalue weighted by Gasteiger charge is -2.16. The van der Waals surface area contributed by atoms with Gasteiger partial charge in [-0.25, -0.2) is 0 Å². The Labute approximate surface area is 112 Å². The maximum atomic E-state index is 12.3. The van der Waals surface area contributed by atoms with Gasteiger partial charge in [0, 0.05) is 12.6 Å². The highest BCUT2D eigenvalue weighted by Crippen LogP contribution is 2.30. The maximum absolute atomic E-state index is 12.3. The summed E-state index contributed by atoms with van der Waals surface area (Å²) >= 11 is 0. The van der Waals surface area contributed by atoms with Crippen molar-refractivity contribution < 1.29 is 18.3 Å². The van der Waals surface area contributed by atoms with Crippen LogP contribution in [0.3, 0.4) is 0 Å². The molecule has 0 amide bonds. The van der Waals surface area contributed by atoms with Crippen molar-refractivity contribution in [3.8, 4) is 11.5 Å². The fraction of sp³-hybridized carbons (Fsp3) is 0.571. The van der Waals surface area contributed by atoms with Crippen molar-refractivity contribution >= 4 is 0 Å². The van der Waals surface area contributed by atoms with Crippen molar-refractivity contribution in [1.29, 1.82) is 0 Å². The molecule has 106 valence electrons. The van der Waals surface area contributed by atoms with E-state index in [1.807, 2.05) is 6.07 Å². The Bertz CT molecular complexity index is 422. The van der Waals surface area contributed by atoms with Gasteiger partial charge in [-0.05, 0) is 44.0 Å². The smallest absolute Gasteiger partial charge is 0.387 e. The Hall–Kier alpha value is -1.36. The predicted octanol–water partition coefficient (Wildman–Crippen LogP) is 2.93. The summed E-state index contributed by atoms with van der Waals surface area (Å²) in [6, 6.07) is 5.89. The van der Waals surface area contributed by atoms with Gasteiger partial charge in [0.05, 0.1) is 7.11 Å². The molecule has 0 aromatic heterocycles. The Kier molecular flexibility index (Phi) is 4.58. The van der Waals surface area contributed by atoms with Crippen LogP contribution in [-0.2, 0) is 6.42 Å². The van der Waals surface area contributed by atoms with Crippen LogP contribution >= 0.6 is 0 Å². The van der Waals surface area contributed by atoms with Crippen LogP contribution in [-0.4, -0.2) is 38.3 Å². The lowest BCUT2D eigenvalue weighted by atomic mass is 10.1. The molecule has 1 aliphatic rings. The monoisotopic (exact) mass is 271 g/mol. The summed E-state index contributed by atoms with van der Waals surface area (Å²) in [7, 11) is 3.53. The van der Waals surface area contributed by atoms with Crippen LogP contribution in [0.1, 0.15) is 18.4 Å². The molecule has 0 N–H and O–H groups in total. The molecule has 0 saturated heterocycles. The minimum atomic E-state index is -2.83. The summed E-state index contributed by atoms with van der Waals surface area (Å²) in [6.45, 7) is -1.91. The van der Waals surface area contributed by atoms with E-state index in [9.17, 15) is 8.78 Å². The first-order valence-corrected chi connectivity index (χ1v) is 6.42. The van der Waals surface area contributed by atoms with Crippen LogP contribution in [0.25, 0.3) is 0 Å². The molecule has 0 heterocycles. The van der Waals surface area contributed by atoms with Crippen LogP contribution in [0, 0.1) is 0 Å². The minimum absolute atomic E-state index is 0.101. The average molecular weight is 271 g/mol. The van der Waals surface area contributed by atoms with Crippen molar-refractivity contribution in [2.24, 2.45) is 0 Å². The molecule has 1 aromatic carbocycles. The van der Waals surface area contributed by atoms with Crippen molar-refractivity contribution in [3.63, 3.8) is 0 Å². The SMILES string of the molecule is COc1ccc(CCN(C)C2CC2)cc1OC(F)F. The molecular weight excluding hydrogens is 252 g/mol. The molecule has 19 heavy (non-hydrogen) atoms. The van der Waals surface area contributed by atoms with Gasteiger partial charge < -0.3 is 14.4 Å². The molecule has 2 rings (SSSR count). The number of rotatable bonds is 7. The van der Waals surface area contributed by atoms with E-state index < -0.39 is 6.61 Å². The maximum Gasteiger partial charge on any atom is 0.387 e. The standard InChI is InChI=1S/C14H19F2NO2/c1-17(11-4-5-11)8-7-10-3-6-12(18-2)13(9-10)19-14(15)16/h3,6,9,11,14H,4-5,7-8H2,1-2H3. The zero-order valence-corrected chi connectivity index (χ0v) is 11.2. The van der Waals surface area contributed by atoms with Gasteiger partial charge in [0.25, 0.3) is 0 Å². The zero-order valence-electron chi connectivity index (χ0n) is 11.2. The molecule has 5 heteroatoms. The van der Waals surface area contributed by atoms with E-state index in [1.165, 1.54) is 20.0 Å². The van der Waals surface area contributed by atoms with E-state index in [4.69, 9.17) is 4.74 Å². The fourth-order valence-corrected chi connectivity index (χ4v) is 2.07. The number of hydrogen-bond donors (Lipinski definition) is 0. The van der Waals surface area contributed by atoms with Crippen LogP contribution in [0.15, 0.2) is 18.2 Å². The summed E-state index contributed by atoms with van der Waals surface area (Å²) in [5.74, 6) is 0.434. The highest BCUT2D eigenvalue weighted by atomic mass is 19.3. The Morgan fingerprint density at radius 3 is 2.63 bits per heavy atom. The number of methoxy groups -OCH3 is 1. The third-order valence-corrected chi connectivity index (χ3v) is 3.37. The highest BCUT2D eigenvalue weighted by molar-refractivity contribution is 5.43. The Morgan fingerprint density at radius 2 is 2.05 bits per heavy atom. The van der Waals surface area contributed by atoms with E-state index in [0.29, 0.717) is 11.8 Å². The molecule has 0 aliphatic heterocycles. The quantitative estimate of drug-likeness (QED) is 0.761. The second-order valence-electron chi connectivity index (χ2n) is 4.83. The molecule has 0 bridgehead atoms. The highest BCUT2D eigenvalue weighted by Gasteiger charge is 2.25. The van der Waals surface area contributed by atoms with Crippen LogP contribution in [0.4, 0.5) is 8.78 Å². The topological polar surface area (TPSA) is 21.7 Å². The number of nitrogens with zero attached hydrogens (tertiary/aromatic N) is 1. The van der Waals surface area contributed by atoms with Crippen molar-refractivity contribution in [2.45, 2.75) is 31.9 Å². The molecule has 1 aromatic rings. The van der Waals surface area contributed by atoms with Gasteiger partial charge in [0.1, 0.15) is 0 Å². The van der Waals surface area contributed by atoms with E-state index in [0.717, 1.165) is 18.5 Å². The molecule has 0 spiro atoms. The lowest BCUT2D eigenvalue weighted by molar-refractivity contribution is -0.0512. The molecule has 3 nitrogen and oxygen atoms in total. The Balaban J connectivity index is 1.99. The molecule has 1 saturated carbocycles. The predicted molar refractivity (Wildman–Crippen MR) is 69.0 cm³/mol. The number of ether oxygens (including phenoxy) is 2. The fourth-order valence-electron chi connectivity index (χ4n) is 2.07. The van der Waals surface area contributed by atoms with Gasteiger partial charge in [0.2, 0.25) is 0 Å². The van der Waals surface area contributed by atoms with Gasteiger partial charge in [-0.3, -0.25) is 0 Å². The summed E-state index contributed by atoms with van der Waals surface area (Å²) in [6.07, 6.45) is 3.34. The third-order valence-electron chi connectivity index (χ3n) is 3.37. The van der Waals surface area contributed by atoms with Gasteiger partial charge in [-0.2, -0.15) is 8.78 Å². The van der Waals surface area contributed by atoms with Crippen molar-refractivity contribution in [3.05, 3.63) is 23.8 Å². The largest absolute Gasteiger partial charge is 0.493 e. The van der Waals surface area contributed by atoms with E-state index in [2.05, 4.69) is 16.7 Å². The van der Waals surface area contributed by atoms with Crippen LogP contribution in [0.5, 0.6) is 11.5 Å². The van der Waals surface area contributed by atoms with Gasteiger partial charge in [-0.1, -0.05) is 6.07 Å². The number of likely N-dealkylation sites (N-methyl/N-ethyl adjacent to an activating group) is 1. The molecule has 0 atom stereocenters. The van der Waals surface area contributed by atoms with Crippen molar-refractivity contribution in [1.82, 2.24) is 4.90 Å². The first-order chi connectivity index (χ1) is 9.10.